The summed E-state index contributed by atoms with van der Waals surface area (Å²) in [6, 6.07) is 0. The zero-order valence-corrected chi connectivity index (χ0v) is 11.8. The molecule has 1 heterocycles. The molecule has 1 aromatic rings. The Bertz CT molecular complexity index is 372. The van der Waals surface area contributed by atoms with Crippen molar-refractivity contribution in [2.45, 2.75) is 59.1 Å². The van der Waals surface area contributed by atoms with Crippen molar-refractivity contribution in [3.05, 3.63) is 18.0 Å². The third-order valence-corrected chi connectivity index (χ3v) is 4.43. The maximum atomic E-state index is 10.2. The van der Waals surface area contributed by atoms with Crippen molar-refractivity contribution >= 4 is 0 Å². The van der Waals surface area contributed by atoms with E-state index in [0.29, 0.717) is 5.92 Å². The van der Waals surface area contributed by atoms with Gasteiger partial charge in [0.05, 0.1) is 12.3 Å². The maximum absolute atomic E-state index is 10.2. The summed E-state index contributed by atoms with van der Waals surface area (Å²) in [5.74, 6) is 1.93. The lowest BCUT2D eigenvalue weighted by molar-refractivity contribution is 0.0378. The molecule has 0 saturated heterocycles. The number of aryl methyl sites for hydroxylation is 1. The molecule has 0 aliphatic heterocycles. The molecule has 0 amide bonds. The molecular weight excluding hydrogens is 224 g/mol. The van der Waals surface area contributed by atoms with Gasteiger partial charge in [-0.3, -0.25) is 4.68 Å². The lowest BCUT2D eigenvalue weighted by Gasteiger charge is -2.35. The molecule has 3 unspecified atom stereocenters. The number of aliphatic hydroxyl groups excluding tert-OH is 1. The van der Waals surface area contributed by atoms with Gasteiger partial charge in [0, 0.05) is 12.7 Å². The van der Waals surface area contributed by atoms with Gasteiger partial charge in [0.25, 0.3) is 0 Å². The highest BCUT2D eigenvalue weighted by Gasteiger charge is 2.30. The number of hydrogen-bond donors (Lipinski definition) is 1. The van der Waals surface area contributed by atoms with Crippen LogP contribution in [-0.4, -0.2) is 21.0 Å². The van der Waals surface area contributed by atoms with Crippen LogP contribution in [0.5, 0.6) is 0 Å². The number of nitrogens with zero attached hydrogens (tertiary/aromatic N) is 2. The fourth-order valence-electron chi connectivity index (χ4n) is 3.10. The largest absolute Gasteiger partial charge is 0.393 e. The molecule has 2 rings (SSSR count). The maximum Gasteiger partial charge on any atom is 0.0571 e. The predicted octanol–water partition coefficient (Wildman–Crippen LogP) is 2.88. The molecule has 0 radical (unpaired) electrons. The minimum atomic E-state index is -0.120. The standard InChI is InChI=1S/C15H26N2O/c1-4-17-10-12(9-16-17)7-14-8-13(11(2)3)5-6-15(14)18/h9-11,13-15,18H,4-8H2,1-3H3. The number of aromatic nitrogens is 2. The van der Waals surface area contributed by atoms with Crippen LogP contribution in [0.15, 0.2) is 12.4 Å². The number of rotatable bonds is 4. The van der Waals surface area contributed by atoms with Gasteiger partial charge in [-0.1, -0.05) is 13.8 Å². The van der Waals surface area contributed by atoms with Crippen molar-refractivity contribution in [3.8, 4) is 0 Å². The summed E-state index contributed by atoms with van der Waals surface area (Å²) in [5, 5.41) is 14.5. The molecule has 1 N–H and O–H groups in total. The van der Waals surface area contributed by atoms with Crippen LogP contribution in [0.4, 0.5) is 0 Å². The molecule has 102 valence electrons. The van der Waals surface area contributed by atoms with E-state index in [1.54, 1.807) is 0 Å². The Morgan fingerprint density at radius 2 is 2.22 bits per heavy atom. The smallest absolute Gasteiger partial charge is 0.0571 e. The quantitative estimate of drug-likeness (QED) is 0.892. The van der Waals surface area contributed by atoms with Crippen molar-refractivity contribution in [2.75, 3.05) is 0 Å². The van der Waals surface area contributed by atoms with Gasteiger partial charge in [-0.25, -0.2) is 0 Å². The highest BCUT2D eigenvalue weighted by Crippen LogP contribution is 2.35. The molecular formula is C15H26N2O. The van der Waals surface area contributed by atoms with Gasteiger partial charge in [0.2, 0.25) is 0 Å². The molecule has 3 atom stereocenters. The Morgan fingerprint density at radius 3 is 2.83 bits per heavy atom. The summed E-state index contributed by atoms with van der Waals surface area (Å²) in [4.78, 5) is 0. The molecule has 1 aliphatic rings. The second-order valence-electron chi connectivity index (χ2n) is 6.05. The lowest BCUT2D eigenvalue weighted by atomic mass is 9.73. The van der Waals surface area contributed by atoms with E-state index in [4.69, 9.17) is 0 Å². The topological polar surface area (TPSA) is 38.0 Å². The third kappa shape index (κ3) is 3.14. The summed E-state index contributed by atoms with van der Waals surface area (Å²) < 4.78 is 1.96. The van der Waals surface area contributed by atoms with Crippen molar-refractivity contribution in [3.63, 3.8) is 0 Å². The first-order valence-electron chi connectivity index (χ1n) is 7.29. The first-order valence-corrected chi connectivity index (χ1v) is 7.29. The van der Waals surface area contributed by atoms with Gasteiger partial charge in [-0.05, 0) is 55.9 Å². The van der Waals surface area contributed by atoms with E-state index < -0.39 is 0 Å². The molecule has 18 heavy (non-hydrogen) atoms. The normalized spacial score (nSPS) is 28.8. The monoisotopic (exact) mass is 250 g/mol. The van der Waals surface area contributed by atoms with Crippen molar-refractivity contribution in [2.24, 2.45) is 17.8 Å². The Morgan fingerprint density at radius 1 is 1.44 bits per heavy atom. The van der Waals surface area contributed by atoms with Gasteiger partial charge in [-0.15, -0.1) is 0 Å². The van der Waals surface area contributed by atoms with E-state index in [9.17, 15) is 5.11 Å². The van der Waals surface area contributed by atoms with Crippen molar-refractivity contribution in [1.29, 1.82) is 0 Å². The molecule has 1 aromatic heterocycles. The Hall–Kier alpha value is -0.830. The van der Waals surface area contributed by atoms with Crippen LogP contribution in [-0.2, 0) is 13.0 Å². The minimum Gasteiger partial charge on any atom is -0.393 e. The molecule has 1 aliphatic carbocycles. The number of aliphatic hydroxyl groups is 1. The molecule has 0 spiro atoms. The second-order valence-corrected chi connectivity index (χ2v) is 6.05. The van der Waals surface area contributed by atoms with Gasteiger partial charge in [0.1, 0.15) is 0 Å². The van der Waals surface area contributed by atoms with Gasteiger partial charge in [-0.2, -0.15) is 5.10 Å². The fourth-order valence-corrected chi connectivity index (χ4v) is 3.10. The molecule has 0 bridgehead atoms. The van der Waals surface area contributed by atoms with Gasteiger partial charge < -0.3 is 5.11 Å². The number of hydrogen-bond acceptors (Lipinski definition) is 2. The fraction of sp³-hybridized carbons (Fsp3) is 0.800. The van der Waals surface area contributed by atoms with Crippen LogP contribution in [0.25, 0.3) is 0 Å². The molecule has 1 saturated carbocycles. The van der Waals surface area contributed by atoms with Crippen LogP contribution in [0.3, 0.4) is 0 Å². The third-order valence-electron chi connectivity index (χ3n) is 4.43. The first-order chi connectivity index (χ1) is 8.60. The van der Waals surface area contributed by atoms with Crippen LogP contribution >= 0.6 is 0 Å². The molecule has 0 aromatic carbocycles. The molecule has 1 fully saturated rings. The zero-order valence-electron chi connectivity index (χ0n) is 11.8. The first kappa shape index (κ1) is 13.6. The highest BCUT2D eigenvalue weighted by molar-refractivity contribution is 5.06. The second kappa shape index (κ2) is 5.87. The van der Waals surface area contributed by atoms with E-state index in [0.717, 1.165) is 37.6 Å². The zero-order chi connectivity index (χ0) is 13.1. The minimum absolute atomic E-state index is 0.120. The SMILES string of the molecule is CCn1cc(CC2CC(C(C)C)CCC2O)cn1. The lowest BCUT2D eigenvalue weighted by Crippen LogP contribution is -2.32. The van der Waals surface area contributed by atoms with Crippen molar-refractivity contribution in [1.82, 2.24) is 9.78 Å². The Balaban J connectivity index is 1.97. The predicted molar refractivity (Wildman–Crippen MR) is 73.3 cm³/mol. The summed E-state index contributed by atoms with van der Waals surface area (Å²) in [6.45, 7) is 7.62. The van der Waals surface area contributed by atoms with Gasteiger partial charge >= 0.3 is 0 Å². The van der Waals surface area contributed by atoms with E-state index in [2.05, 4.69) is 32.1 Å². The van der Waals surface area contributed by atoms with Crippen LogP contribution in [0.1, 0.15) is 45.6 Å². The van der Waals surface area contributed by atoms with Crippen LogP contribution in [0, 0.1) is 17.8 Å². The average Bonchev–Trinajstić information content (AvgIpc) is 2.79. The van der Waals surface area contributed by atoms with Crippen LogP contribution < -0.4 is 0 Å². The molecule has 3 nitrogen and oxygen atoms in total. The average molecular weight is 250 g/mol. The van der Waals surface area contributed by atoms with Gasteiger partial charge in [0.15, 0.2) is 0 Å². The van der Waals surface area contributed by atoms with E-state index in [-0.39, 0.29) is 6.10 Å². The van der Waals surface area contributed by atoms with Crippen molar-refractivity contribution < 1.29 is 5.11 Å². The summed E-state index contributed by atoms with van der Waals surface area (Å²) >= 11 is 0. The summed E-state index contributed by atoms with van der Waals surface area (Å²) in [5.41, 5.74) is 1.27. The molecule has 3 heteroatoms. The van der Waals surface area contributed by atoms with Crippen LogP contribution in [0.2, 0.25) is 0 Å². The van der Waals surface area contributed by atoms with E-state index in [1.165, 1.54) is 12.0 Å². The summed E-state index contributed by atoms with van der Waals surface area (Å²) in [6.07, 6.45) is 8.24. The van der Waals surface area contributed by atoms with E-state index >= 15 is 0 Å². The Kier molecular flexibility index (Phi) is 4.44. The Labute approximate surface area is 110 Å². The highest BCUT2D eigenvalue weighted by atomic mass is 16.3. The summed E-state index contributed by atoms with van der Waals surface area (Å²) in [7, 11) is 0. The van der Waals surface area contributed by atoms with E-state index in [1.807, 2.05) is 10.9 Å².